The number of hydrogen-bond donors (Lipinski definition) is 3. The van der Waals surface area contributed by atoms with Gasteiger partial charge in [-0.15, -0.1) is 5.10 Å². The first-order valence-corrected chi connectivity index (χ1v) is 16.4. The number of rotatable bonds is 16. The number of amides is 3. The normalized spacial score (nSPS) is 16.7. The summed E-state index contributed by atoms with van der Waals surface area (Å²) in [6, 6.07) is 11.0. The second-order valence-electron chi connectivity index (χ2n) is 13.6. The molecule has 1 aliphatic rings. The number of aryl methyl sites for hydroxylation is 1. The molecule has 1 fully saturated rings. The minimum absolute atomic E-state index is 0.0208. The lowest BCUT2D eigenvalue weighted by Gasteiger charge is -2.49. The molecule has 0 aliphatic carbocycles. The predicted octanol–water partition coefficient (Wildman–Crippen LogP) is 6.51. The second kappa shape index (κ2) is 16.8. The summed E-state index contributed by atoms with van der Waals surface area (Å²) in [5, 5.41) is 21.5. The van der Waals surface area contributed by atoms with Gasteiger partial charge >= 0.3 is 0 Å². The van der Waals surface area contributed by atoms with Crippen molar-refractivity contribution in [3.63, 3.8) is 0 Å². The average molecular weight is 608 g/mol. The van der Waals surface area contributed by atoms with E-state index in [1.807, 2.05) is 30.3 Å². The van der Waals surface area contributed by atoms with Crippen molar-refractivity contribution in [2.45, 2.75) is 141 Å². The monoisotopic (exact) mass is 607 g/mol. The highest BCUT2D eigenvalue weighted by atomic mass is 16.5. The van der Waals surface area contributed by atoms with E-state index in [4.69, 9.17) is 0 Å². The van der Waals surface area contributed by atoms with Gasteiger partial charge in [0.2, 0.25) is 5.91 Å². The number of hydrogen-bond acceptors (Lipinski definition) is 7. The number of piperidine rings is 1. The van der Waals surface area contributed by atoms with E-state index >= 15 is 0 Å². The van der Waals surface area contributed by atoms with E-state index in [0.717, 1.165) is 24.8 Å². The van der Waals surface area contributed by atoms with Crippen LogP contribution in [0.15, 0.2) is 42.6 Å². The third-order valence-corrected chi connectivity index (χ3v) is 8.59. The number of nitrogens with one attached hydrogen (secondary N) is 2. The zero-order chi connectivity index (χ0) is 32.2. The third-order valence-electron chi connectivity index (χ3n) is 8.59. The molecule has 1 aliphatic heterocycles. The van der Waals surface area contributed by atoms with E-state index in [0.29, 0.717) is 37.7 Å². The number of carbonyl (C=O) groups is 3. The summed E-state index contributed by atoms with van der Waals surface area (Å²) < 4.78 is 0. The van der Waals surface area contributed by atoms with Crippen LogP contribution in [-0.2, 0) is 16.0 Å². The van der Waals surface area contributed by atoms with Gasteiger partial charge in [0.15, 0.2) is 5.69 Å². The van der Waals surface area contributed by atoms with Crippen molar-refractivity contribution in [2.75, 3.05) is 0 Å². The van der Waals surface area contributed by atoms with E-state index in [2.05, 4.69) is 50.1 Å². The molecule has 242 valence electrons. The van der Waals surface area contributed by atoms with Crippen molar-refractivity contribution in [3.05, 3.63) is 59.4 Å². The van der Waals surface area contributed by atoms with Crippen molar-refractivity contribution in [1.82, 2.24) is 25.9 Å². The van der Waals surface area contributed by atoms with Gasteiger partial charge in [-0.25, -0.2) is 5.48 Å². The molecule has 0 saturated carbocycles. The molecular formula is C35H53N5O4. The lowest BCUT2D eigenvalue weighted by Crippen LogP contribution is -2.63. The quantitative estimate of drug-likeness (QED) is 0.113. The number of imide groups is 1. The van der Waals surface area contributed by atoms with Gasteiger partial charge in [0, 0.05) is 29.7 Å². The third kappa shape index (κ3) is 10.5. The van der Waals surface area contributed by atoms with Crippen LogP contribution in [0.5, 0.6) is 0 Å². The highest BCUT2D eigenvalue weighted by Gasteiger charge is 2.44. The van der Waals surface area contributed by atoms with Gasteiger partial charge in [-0.05, 0) is 77.0 Å². The van der Waals surface area contributed by atoms with Crippen LogP contribution in [0, 0.1) is 0 Å². The van der Waals surface area contributed by atoms with E-state index in [9.17, 15) is 19.6 Å². The molecule has 1 saturated heterocycles. The first kappa shape index (κ1) is 35.3. The predicted molar refractivity (Wildman–Crippen MR) is 172 cm³/mol. The molecule has 1 aromatic carbocycles. The van der Waals surface area contributed by atoms with Crippen LogP contribution in [0.2, 0.25) is 0 Å². The maximum atomic E-state index is 14.4. The Morgan fingerprint density at radius 2 is 1.57 bits per heavy atom. The smallest absolute Gasteiger partial charge is 0.281 e. The summed E-state index contributed by atoms with van der Waals surface area (Å²) >= 11 is 0. The summed E-state index contributed by atoms with van der Waals surface area (Å²) in [7, 11) is 0. The van der Waals surface area contributed by atoms with Crippen molar-refractivity contribution in [1.29, 1.82) is 0 Å². The van der Waals surface area contributed by atoms with Gasteiger partial charge in [0.1, 0.15) is 0 Å². The first-order valence-electron chi connectivity index (χ1n) is 16.4. The van der Waals surface area contributed by atoms with Crippen molar-refractivity contribution in [2.24, 2.45) is 0 Å². The standard InChI is InChI=1S/C35H53N5O4/c1-6-7-8-9-10-11-12-16-19-30(41)40(27-24-34(2,3)39-35(4,5)25-27)33(43)31-28(22-23-36-37-31)29(32(42)38-44)21-20-26-17-14-13-15-18-26/h13-15,17-18,22-23,27,29,39,44H,6-12,16,19-21,24-25H2,1-5H3,(H,38,42)/t29-/m0/s1. The molecule has 2 aromatic rings. The second-order valence-corrected chi connectivity index (χ2v) is 13.6. The molecule has 0 spiro atoms. The number of aromatic nitrogens is 2. The summed E-state index contributed by atoms with van der Waals surface area (Å²) in [4.78, 5) is 42.8. The minimum atomic E-state index is -0.861. The Kier molecular flexibility index (Phi) is 13.5. The van der Waals surface area contributed by atoms with Crippen LogP contribution in [0.3, 0.4) is 0 Å². The largest absolute Gasteiger partial charge is 0.307 e. The van der Waals surface area contributed by atoms with E-state index in [1.54, 1.807) is 11.5 Å². The zero-order valence-electron chi connectivity index (χ0n) is 27.4. The molecule has 1 atom stereocenters. The number of carbonyl (C=O) groups excluding carboxylic acids is 3. The topological polar surface area (TPSA) is 125 Å². The fraction of sp³-hybridized carbons (Fsp3) is 0.629. The van der Waals surface area contributed by atoms with Crippen LogP contribution in [0.1, 0.15) is 139 Å². The molecule has 44 heavy (non-hydrogen) atoms. The molecule has 0 bridgehead atoms. The number of unbranched alkanes of at least 4 members (excludes halogenated alkanes) is 7. The maximum Gasteiger partial charge on any atom is 0.281 e. The van der Waals surface area contributed by atoms with Crippen molar-refractivity contribution in [3.8, 4) is 0 Å². The summed E-state index contributed by atoms with van der Waals surface area (Å²) in [5.74, 6) is -2.25. The van der Waals surface area contributed by atoms with Crippen LogP contribution in [-0.4, -0.2) is 55.1 Å². The molecule has 3 amide bonds. The fourth-order valence-electron chi connectivity index (χ4n) is 6.83. The molecule has 3 rings (SSSR count). The van der Waals surface area contributed by atoms with Gasteiger partial charge in [-0.2, -0.15) is 5.10 Å². The van der Waals surface area contributed by atoms with Gasteiger partial charge < -0.3 is 5.32 Å². The lowest BCUT2D eigenvalue weighted by molar-refractivity contribution is -0.132. The summed E-state index contributed by atoms with van der Waals surface area (Å²) in [6.07, 6.45) is 12.6. The lowest BCUT2D eigenvalue weighted by atomic mass is 9.78. The molecule has 1 aromatic heterocycles. The van der Waals surface area contributed by atoms with Crippen LogP contribution in [0.4, 0.5) is 0 Å². The van der Waals surface area contributed by atoms with Crippen LogP contribution in [0.25, 0.3) is 0 Å². The number of hydroxylamine groups is 1. The Bertz CT molecular complexity index is 1200. The molecule has 3 N–H and O–H groups in total. The Balaban J connectivity index is 1.88. The van der Waals surface area contributed by atoms with Gasteiger partial charge in [-0.3, -0.25) is 24.5 Å². The fourth-order valence-corrected chi connectivity index (χ4v) is 6.83. The van der Waals surface area contributed by atoms with Gasteiger partial charge in [0.05, 0.1) is 5.92 Å². The zero-order valence-corrected chi connectivity index (χ0v) is 27.4. The average Bonchev–Trinajstić information content (AvgIpc) is 2.97. The van der Waals surface area contributed by atoms with Crippen LogP contribution >= 0.6 is 0 Å². The van der Waals surface area contributed by atoms with Crippen molar-refractivity contribution >= 4 is 17.7 Å². The Morgan fingerprint density at radius 3 is 2.18 bits per heavy atom. The molecule has 0 unspecified atom stereocenters. The maximum absolute atomic E-state index is 14.4. The molecule has 9 heteroatoms. The molecule has 2 heterocycles. The van der Waals surface area contributed by atoms with Gasteiger partial charge in [0.25, 0.3) is 11.8 Å². The Morgan fingerprint density at radius 1 is 0.955 bits per heavy atom. The van der Waals surface area contributed by atoms with Gasteiger partial charge in [-0.1, -0.05) is 82.2 Å². The summed E-state index contributed by atoms with van der Waals surface area (Å²) in [5.41, 5.74) is 2.53. The van der Waals surface area contributed by atoms with Crippen LogP contribution < -0.4 is 10.8 Å². The Labute approximate surface area is 263 Å². The molecule has 0 radical (unpaired) electrons. The number of nitrogens with zero attached hydrogens (tertiary/aromatic N) is 3. The Hall–Kier alpha value is -3.17. The highest BCUT2D eigenvalue weighted by Crippen LogP contribution is 2.34. The number of benzene rings is 1. The highest BCUT2D eigenvalue weighted by molar-refractivity contribution is 6.05. The molecule has 9 nitrogen and oxygen atoms in total. The first-order chi connectivity index (χ1) is 21.0. The van der Waals surface area contributed by atoms with E-state index in [-0.39, 0.29) is 35.1 Å². The van der Waals surface area contributed by atoms with E-state index in [1.165, 1.54) is 36.8 Å². The van der Waals surface area contributed by atoms with E-state index < -0.39 is 17.7 Å². The molecular weight excluding hydrogens is 554 g/mol. The van der Waals surface area contributed by atoms with Crippen molar-refractivity contribution < 1.29 is 19.6 Å². The SMILES string of the molecule is CCCCCCCCCCC(=O)N(C(=O)c1nnccc1[C@H](CCc1ccccc1)C(=O)NO)C1CC(C)(C)NC(C)(C)C1. The summed E-state index contributed by atoms with van der Waals surface area (Å²) in [6.45, 7) is 10.6. The minimum Gasteiger partial charge on any atom is -0.307 e.